The van der Waals surface area contributed by atoms with Gasteiger partial charge >= 0.3 is 6.09 Å². The van der Waals surface area contributed by atoms with Crippen LogP contribution in [0.2, 0.25) is 0 Å². The lowest BCUT2D eigenvalue weighted by Gasteiger charge is -2.21. The predicted molar refractivity (Wildman–Crippen MR) is 91.6 cm³/mol. The molecule has 2 aromatic rings. The molecule has 25 heavy (non-hydrogen) atoms. The fourth-order valence-electron chi connectivity index (χ4n) is 2.00. The number of aliphatic hydroxyl groups is 1. The Bertz CT molecular complexity index is 727. The van der Waals surface area contributed by atoms with Crippen LogP contribution in [0, 0.1) is 0 Å². The third-order valence-corrected chi connectivity index (χ3v) is 3.09. The molecule has 3 N–H and O–H groups in total. The van der Waals surface area contributed by atoms with E-state index in [0.29, 0.717) is 11.3 Å². The Hall–Kier alpha value is -2.80. The molecule has 1 unspecified atom stereocenters. The van der Waals surface area contributed by atoms with Crippen molar-refractivity contribution in [3.8, 4) is 17.2 Å². The lowest BCUT2D eigenvalue weighted by molar-refractivity contribution is 0.0490. The summed E-state index contributed by atoms with van der Waals surface area (Å²) in [6.45, 7) is 5.19. The number of benzene rings is 1. The van der Waals surface area contributed by atoms with E-state index >= 15 is 0 Å². The van der Waals surface area contributed by atoms with Crippen molar-refractivity contribution < 1.29 is 24.5 Å². The zero-order valence-electron chi connectivity index (χ0n) is 14.4. The number of nitrogens with zero attached hydrogens (tertiary/aromatic N) is 1. The van der Waals surface area contributed by atoms with Crippen LogP contribution in [0.15, 0.2) is 42.7 Å². The minimum atomic E-state index is -1.05. The summed E-state index contributed by atoms with van der Waals surface area (Å²) in [5.74, 6) is 0.559. The van der Waals surface area contributed by atoms with Gasteiger partial charge in [0.05, 0.1) is 6.54 Å². The second-order valence-corrected chi connectivity index (χ2v) is 6.38. The molecule has 1 aromatic heterocycles. The van der Waals surface area contributed by atoms with Gasteiger partial charge in [0.1, 0.15) is 17.5 Å². The van der Waals surface area contributed by atoms with Crippen molar-refractivity contribution in [3.05, 3.63) is 48.3 Å². The first-order valence-electron chi connectivity index (χ1n) is 7.81. The van der Waals surface area contributed by atoms with Crippen LogP contribution < -0.4 is 10.1 Å². The number of pyridine rings is 1. The minimum Gasteiger partial charge on any atom is -0.504 e. The Morgan fingerprint density at radius 2 is 1.96 bits per heavy atom. The maximum atomic E-state index is 11.7. The number of phenols is 1. The van der Waals surface area contributed by atoms with Crippen LogP contribution in [0.3, 0.4) is 0 Å². The van der Waals surface area contributed by atoms with Gasteiger partial charge in [0, 0.05) is 18.0 Å². The number of carbonyl (C=O) groups is 1. The zero-order chi connectivity index (χ0) is 18.4. The van der Waals surface area contributed by atoms with E-state index in [1.54, 1.807) is 45.0 Å². The molecule has 0 aliphatic rings. The molecular weight excluding hydrogens is 324 g/mol. The number of rotatable bonds is 5. The topological polar surface area (TPSA) is 101 Å². The summed E-state index contributed by atoms with van der Waals surface area (Å²) in [5.41, 5.74) is -0.246. The Kier molecular flexibility index (Phi) is 5.82. The molecule has 0 saturated heterocycles. The quantitative estimate of drug-likeness (QED) is 0.769. The molecule has 134 valence electrons. The first-order chi connectivity index (χ1) is 11.8. The number of nitrogens with one attached hydrogen (secondary N) is 1. The van der Waals surface area contributed by atoms with E-state index in [2.05, 4.69) is 10.3 Å². The Labute approximate surface area is 146 Å². The number of alkyl carbamates (subject to hydrolysis) is 1. The van der Waals surface area contributed by atoms with Crippen LogP contribution in [-0.2, 0) is 4.74 Å². The molecule has 7 heteroatoms. The molecular formula is C18H22N2O5. The Morgan fingerprint density at radius 1 is 1.24 bits per heavy atom. The molecule has 1 amide bonds. The third-order valence-electron chi connectivity index (χ3n) is 3.09. The fourth-order valence-corrected chi connectivity index (χ4v) is 2.00. The van der Waals surface area contributed by atoms with Gasteiger partial charge in [-0.1, -0.05) is 12.1 Å². The fraction of sp³-hybridized carbons (Fsp3) is 0.333. The highest BCUT2D eigenvalue weighted by Gasteiger charge is 2.19. The van der Waals surface area contributed by atoms with Gasteiger partial charge in [-0.05, 0) is 39.0 Å². The van der Waals surface area contributed by atoms with Crippen molar-refractivity contribution in [3.63, 3.8) is 0 Å². The summed E-state index contributed by atoms with van der Waals surface area (Å²) in [4.78, 5) is 15.7. The summed E-state index contributed by atoms with van der Waals surface area (Å²) < 4.78 is 10.8. The van der Waals surface area contributed by atoms with E-state index in [4.69, 9.17) is 9.47 Å². The molecule has 7 nitrogen and oxygen atoms in total. The van der Waals surface area contributed by atoms with Crippen molar-refractivity contribution in [1.29, 1.82) is 0 Å². The van der Waals surface area contributed by atoms with Crippen molar-refractivity contribution in [1.82, 2.24) is 10.3 Å². The first-order valence-corrected chi connectivity index (χ1v) is 7.81. The van der Waals surface area contributed by atoms with Crippen molar-refractivity contribution >= 4 is 6.09 Å². The molecule has 0 saturated carbocycles. The molecule has 0 aliphatic carbocycles. The molecule has 0 fully saturated rings. The summed E-state index contributed by atoms with van der Waals surface area (Å²) in [5, 5.41) is 22.6. The number of ether oxygens (including phenoxy) is 2. The van der Waals surface area contributed by atoms with Crippen LogP contribution in [0.1, 0.15) is 32.4 Å². The number of hydrogen-bond acceptors (Lipinski definition) is 6. The maximum Gasteiger partial charge on any atom is 0.407 e. The van der Waals surface area contributed by atoms with Gasteiger partial charge in [-0.3, -0.25) is 4.98 Å². The van der Waals surface area contributed by atoms with E-state index in [1.165, 1.54) is 18.5 Å². The van der Waals surface area contributed by atoms with Gasteiger partial charge < -0.3 is 25.0 Å². The van der Waals surface area contributed by atoms with Crippen molar-refractivity contribution in [2.75, 3.05) is 6.54 Å². The lowest BCUT2D eigenvalue weighted by atomic mass is 10.1. The monoisotopic (exact) mass is 346 g/mol. The average Bonchev–Trinajstić information content (AvgIpc) is 2.54. The number of amides is 1. The molecule has 2 rings (SSSR count). The van der Waals surface area contributed by atoms with Crippen LogP contribution >= 0.6 is 0 Å². The highest BCUT2D eigenvalue weighted by molar-refractivity contribution is 5.67. The molecule has 0 aliphatic heterocycles. The zero-order valence-corrected chi connectivity index (χ0v) is 14.4. The standard InChI is InChI=1S/C18H22N2O5/c1-18(2,3)25-17(23)20-11-14(22)12-10-19-9-8-15(12)24-16-7-5-4-6-13(16)21/h4-10,14,21-22H,11H2,1-3H3,(H,20,23). The normalized spacial score (nSPS) is 12.3. The molecule has 0 radical (unpaired) electrons. The van der Waals surface area contributed by atoms with Crippen molar-refractivity contribution in [2.24, 2.45) is 0 Å². The van der Waals surface area contributed by atoms with Crippen LogP contribution in [0.5, 0.6) is 17.2 Å². The van der Waals surface area contributed by atoms with E-state index in [1.807, 2.05) is 0 Å². The minimum absolute atomic E-state index is 0.0216. The van der Waals surface area contributed by atoms with Crippen LogP contribution in [-0.4, -0.2) is 33.4 Å². The number of aromatic hydroxyl groups is 1. The number of aliphatic hydroxyl groups excluding tert-OH is 1. The largest absolute Gasteiger partial charge is 0.504 e. The first kappa shape index (κ1) is 18.5. The summed E-state index contributed by atoms with van der Waals surface area (Å²) >= 11 is 0. The molecule has 0 spiro atoms. The average molecular weight is 346 g/mol. The van der Waals surface area contributed by atoms with Gasteiger partial charge in [0.15, 0.2) is 11.5 Å². The summed E-state index contributed by atoms with van der Waals surface area (Å²) in [7, 11) is 0. The molecule has 1 aromatic carbocycles. The van der Waals surface area contributed by atoms with E-state index < -0.39 is 17.8 Å². The summed E-state index contributed by atoms with van der Waals surface area (Å²) in [6, 6.07) is 8.06. The Morgan fingerprint density at radius 3 is 2.64 bits per heavy atom. The highest BCUT2D eigenvalue weighted by Crippen LogP contribution is 2.33. The van der Waals surface area contributed by atoms with Gasteiger partial charge in [0.25, 0.3) is 0 Å². The summed E-state index contributed by atoms with van der Waals surface area (Å²) in [6.07, 6.45) is 1.27. The van der Waals surface area contributed by atoms with Crippen molar-refractivity contribution in [2.45, 2.75) is 32.5 Å². The van der Waals surface area contributed by atoms with Crippen LogP contribution in [0.25, 0.3) is 0 Å². The van der Waals surface area contributed by atoms with Gasteiger partial charge in [-0.25, -0.2) is 4.79 Å². The van der Waals surface area contributed by atoms with Crippen LogP contribution in [0.4, 0.5) is 4.79 Å². The number of aromatic nitrogens is 1. The smallest absolute Gasteiger partial charge is 0.407 e. The number of para-hydroxylation sites is 2. The maximum absolute atomic E-state index is 11.7. The predicted octanol–water partition coefficient (Wildman–Crippen LogP) is 3.14. The second-order valence-electron chi connectivity index (χ2n) is 6.38. The molecule has 1 heterocycles. The Balaban J connectivity index is 2.06. The number of hydrogen-bond donors (Lipinski definition) is 3. The van der Waals surface area contributed by atoms with Gasteiger partial charge in [-0.15, -0.1) is 0 Å². The second kappa shape index (κ2) is 7.85. The third kappa shape index (κ3) is 5.65. The van der Waals surface area contributed by atoms with Gasteiger partial charge in [0.2, 0.25) is 0 Å². The van der Waals surface area contributed by atoms with Gasteiger partial charge in [-0.2, -0.15) is 0 Å². The molecule has 1 atom stereocenters. The van der Waals surface area contributed by atoms with E-state index in [-0.39, 0.29) is 18.0 Å². The number of carbonyl (C=O) groups excluding carboxylic acids is 1. The van der Waals surface area contributed by atoms with E-state index in [0.717, 1.165) is 0 Å². The molecule has 0 bridgehead atoms. The van der Waals surface area contributed by atoms with E-state index in [9.17, 15) is 15.0 Å². The highest BCUT2D eigenvalue weighted by atomic mass is 16.6. The lowest BCUT2D eigenvalue weighted by Crippen LogP contribution is -2.34. The number of phenolic OH excluding ortho intramolecular Hbond substituents is 1. The SMILES string of the molecule is CC(C)(C)OC(=O)NCC(O)c1cnccc1Oc1ccccc1O.